The Bertz CT molecular complexity index is 515. The van der Waals surface area contributed by atoms with Gasteiger partial charge in [-0.25, -0.2) is 8.42 Å². The van der Waals surface area contributed by atoms with Crippen LogP contribution in [0.15, 0.2) is 12.1 Å². The van der Waals surface area contributed by atoms with Gasteiger partial charge in [-0.3, -0.25) is 4.72 Å². The van der Waals surface area contributed by atoms with Gasteiger partial charge in [-0.2, -0.15) is 0 Å². The van der Waals surface area contributed by atoms with Crippen molar-refractivity contribution in [2.45, 2.75) is 38.6 Å². The molecule has 0 bridgehead atoms. The lowest BCUT2D eigenvalue weighted by Gasteiger charge is -2.35. The smallest absolute Gasteiger partial charge is 0.231 e. The molecule has 7 heteroatoms. The van der Waals surface area contributed by atoms with Crippen LogP contribution >= 0.6 is 0 Å². The van der Waals surface area contributed by atoms with E-state index in [1.165, 1.54) is 19.3 Å². The van der Waals surface area contributed by atoms with E-state index in [9.17, 15) is 8.42 Å². The van der Waals surface area contributed by atoms with Gasteiger partial charge in [0.05, 0.1) is 6.26 Å². The molecule has 1 fully saturated rings. The topological polar surface area (TPSA) is 75.2 Å². The van der Waals surface area contributed by atoms with Crippen molar-refractivity contribution in [3.05, 3.63) is 12.1 Å². The van der Waals surface area contributed by atoms with Gasteiger partial charge in [0.1, 0.15) is 0 Å². The molecule has 1 unspecified atom stereocenters. The van der Waals surface area contributed by atoms with Crippen LogP contribution in [0.3, 0.4) is 0 Å². The number of sulfonamides is 1. The summed E-state index contributed by atoms with van der Waals surface area (Å²) in [6.45, 7) is 3.17. The molecule has 1 atom stereocenters. The Morgan fingerprint density at radius 3 is 2.74 bits per heavy atom. The van der Waals surface area contributed by atoms with E-state index in [4.69, 9.17) is 0 Å². The fraction of sp³-hybridized carbons (Fsp3) is 0.667. The van der Waals surface area contributed by atoms with Gasteiger partial charge < -0.3 is 4.90 Å². The van der Waals surface area contributed by atoms with E-state index in [-0.39, 0.29) is 5.82 Å². The minimum Gasteiger partial charge on any atom is -0.352 e. The van der Waals surface area contributed by atoms with E-state index in [0.29, 0.717) is 6.04 Å². The van der Waals surface area contributed by atoms with Crippen molar-refractivity contribution in [3.8, 4) is 0 Å². The number of nitrogens with one attached hydrogen (secondary N) is 1. The fourth-order valence-corrected chi connectivity index (χ4v) is 2.94. The van der Waals surface area contributed by atoms with Gasteiger partial charge in [-0.05, 0) is 37.8 Å². The molecule has 1 saturated heterocycles. The lowest BCUT2D eigenvalue weighted by Crippen LogP contribution is -2.39. The van der Waals surface area contributed by atoms with Crippen LogP contribution in [0.2, 0.25) is 0 Å². The van der Waals surface area contributed by atoms with Crippen LogP contribution in [0.1, 0.15) is 32.6 Å². The van der Waals surface area contributed by atoms with Gasteiger partial charge in [0.2, 0.25) is 10.0 Å². The molecule has 2 heterocycles. The average molecular weight is 284 g/mol. The second-order valence-corrected chi connectivity index (χ2v) is 6.65. The molecule has 0 aromatic carbocycles. The second-order valence-electron chi connectivity index (χ2n) is 4.90. The SMILES string of the molecule is CCC1CCCCN1c1ccc(NS(C)(=O)=O)nn1. The molecule has 1 aromatic rings. The Balaban J connectivity index is 2.13. The molecule has 6 nitrogen and oxygen atoms in total. The molecule has 1 aliphatic heterocycles. The summed E-state index contributed by atoms with van der Waals surface area (Å²) in [7, 11) is -3.30. The van der Waals surface area contributed by atoms with Crippen molar-refractivity contribution >= 4 is 21.7 Å². The van der Waals surface area contributed by atoms with Gasteiger partial charge in [-0.1, -0.05) is 6.92 Å². The molecular weight excluding hydrogens is 264 g/mol. The van der Waals surface area contributed by atoms with Crippen LogP contribution in [0, 0.1) is 0 Å². The van der Waals surface area contributed by atoms with Gasteiger partial charge in [0.25, 0.3) is 0 Å². The number of hydrogen-bond acceptors (Lipinski definition) is 5. The normalized spacial score (nSPS) is 20.3. The third-order valence-corrected chi connectivity index (χ3v) is 3.91. The molecule has 0 amide bonds. The molecule has 19 heavy (non-hydrogen) atoms. The molecule has 1 aromatic heterocycles. The molecule has 0 radical (unpaired) electrons. The van der Waals surface area contributed by atoms with Crippen LogP contribution in [0.4, 0.5) is 11.6 Å². The van der Waals surface area contributed by atoms with Crippen LogP contribution in [-0.2, 0) is 10.0 Å². The largest absolute Gasteiger partial charge is 0.352 e. The lowest BCUT2D eigenvalue weighted by molar-refractivity contribution is 0.445. The average Bonchev–Trinajstić information content (AvgIpc) is 2.38. The molecule has 1 aliphatic rings. The molecule has 106 valence electrons. The predicted molar refractivity (Wildman–Crippen MR) is 75.8 cm³/mol. The number of aromatic nitrogens is 2. The highest BCUT2D eigenvalue weighted by atomic mass is 32.2. The first-order chi connectivity index (χ1) is 8.99. The van der Waals surface area contributed by atoms with Crippen molar-refractivity contribution in [2.75, 3.05) is 22.4 Å². The second kappa shape index (κ2) is 5.73. The summed E-state index contributed by atoms with van der Waals surface area (Å²) in [5, 5.41) is 8.06. The van der Waals surface area contributed by atoms with E-state index in [1.54, 1.807) is 6.07 Å². The van der Waals surface area contributed by atoms with E-state index in [0.717, 1.165) is 25.0 Å². The fourth-order valence-electron chi connectivity index (χ4n) is 2.45. The van der Waals surface area contributed by atoms with Gasteiger partial charge in [0, 0.05) is 12.6 Å². The Morgan fingerprint density at radius 2 is 2.16 bits per heavy atom. The van der Waals surface area contributed by atoms with Crippen molar-refractivity contribution < 1.29 is 8.42 Å². The Morgan fingerprint density at radius 1 is 1.37 bits per heavy atom. The van der Waals surface area contributed by atoms with Gasteiger partial charge in [-0.15, -0.1) is 10.2 Å². The lowest BCUT2D eigenvalue weighted by atomic mass is 10.0. The van der Waals surface area contributed by atoms with E-state index in [2.05, 4.69) is 26.7 Å². The summed E-state index contributed by atoms with van der Waals surface area (Å²) in [5.74, 6) is 1.09. The molecule has 2 rings (SSSR count). The zero-order valence-corrected chi connectivity index (χ0v) is 12.2. The monoisotopic (exact) mass is 284 g/mol. The molecular formula is C12H20N4O2S. The van der Waals surface area contributed by atoms with E-state index >= 15 is 0 Å². The molecule has 0 spiro atoms. The van der Waals surface area contributed by atoms with Gasteiger partial charge in [0.15, 0.2) is 11.6 Å². The Kier molecular flexibility index (Phi) is 4.24. The number of nitrogens with zero attached hydrogens (tertiary/aromatic N) is 3. The quantitative estimate of drug-likeness (QED) is 0.909. The minimum atomic E-state index is -3.30. The maximum Gasteiger partial charge on any atom is 0.231 e. The van der Waals surface area contributed by atoms with Crippen LogP contribution in [0.5, 0.6) is 0 Å². The van der Waals surface area contributed by atoms with Crippen molar-refractivity contribution in [3.63, 3.8) is 0 Å². The molecule has 1 N–H and O–H groups in total. The molecule has 0 saturated carbocycles. The standard InChI is InChI=1S/C12H20N4O2S/c1-3-10-6-4-5-9-16(10)12-8-7-11(13-14-12)15-19(2,17)18/h7-8,10H,3-6,9H2,1-2H3,(H,13,15). The number of piperidine rings is 1. The van der Waals surface area contributed by atoms with Crippen LogP contribution in [-0.4, -0.2) is 37.5 Å². The number of anilines is 2. The number of hydrogen-bond donors (Lipinski definition) is 1. The van der Waals surface area contributed by atoms with Gasteiger partial charge >= 0.3 is 0 Å². The Hall–Kier alpha value is -1.37. The Labute approximate surface area is 114 Å². The van der Waals surface area contributed by atoms with Crippen molar-refractivity contribution in [1.29, 1.82) is 0 Å². The first-order valence-electron chi connectivity index (χ1n) is 6.58. The first kappa shape index (κ1) is 14.0. The van der Waals surface area contributed by atoms with Crippen LogP contribution < -0.4 is 9.62 Å². The van der Waals surface area contributed by atoms with Crippen molar-refractivity contribution in [1.82, 2.24) is 10.2 Å². The zero-order chi connectivity index (χ0) is 13.9. The first-order valence-corrected chi connectivity index (χ1v) is 8.47. The number of rotatable bonds is 4. The summed E-state index contributed by atoms with van der Waals surface area (Å²) in [5.41, 5.74) is 0. The maximum absolute atomic E-state index is 11.1. The van der Waals surface area contributed by atoms with E-state index < -0.39 is 10.0 Å². The maximum atomic E-state index is 11.1. The third-order valence-electron chi connectivity index (χ3n) is 3.33. The summed E-state index contributed by atoms with van der Waals surface area (Å²) in [4.78, 5) is 2.26. The zero-order valence-electron chi connectivity index (χ0n) is 11.3. The third kappa shape index (κ3) is 3.79. The molecule has 0 aliphatic carbocycles. The highest BCUT2D eigenvalue weighted by Gasteiger charge is 2.22. The summed E-state index contributed by atoms with van der Waals surface area (Å²) in [6, 6.07) is 4.00. The van der Waals surface area contributed by atoms with Crippen LogP contribution in [0.25, 0.3) is 0 Å². The van der Waals surface area contributed by atoms with Crippen molar-refractivity contribution in [2.24, 2.45) is 0 Å². The highest BCUT2D eigenvalue weighted by molar-refractivity contribution is 7.92. The minimum absolute atomic E-state index is 0.260. The summed E-state index contributed by atoms with van der Waals surface area (Å²) < 4.78 is 24.5. The summed E-state index contributed by atoms with van der Waals surface area (Å²) in [6.07, 6.45) is 5.80. The summed E-state index contributed by atoms with van der Waals surface area (Å²) >= 11 is 0. The van der Waals surface area contributed by atoms with E-state index in [1.807, 2.05) is 6.07 Å². The predicted octanol–water partition coefficient (Wildman–Crippen LogP) is 1.62. The highest BCUT2D eigenvalue weighted by Crippen LogP contribution is 2.24.